The van der Waals surface area contributed by atoms with Crippen LogP contribution in [0.15, 0.2) is 0 Å². The molecular formula is C13H21BrO. The molecular weight excluding hydrogens is 252 g/mol. The molecule has 3 saturated carbocycles. The standard InChI is InChI=1S/C13H21BrO/c14-13(10-6-2-3-7-11(10)13)12(15)8-4-1-5-9-12/h10-11,15H,1-9H2. The second-order valence-corrected chi connectivity index (χ2v) is 7.17. The van der Waals surface area contributed by atoms with Crippen LogP contribution in [0.5, 0.6) is 0 Å². The Kier molecular flexibility index (Phi) is 2.44. The number of halogens is 1. The van der Waals surface area contributed by atoms with Crippen molar-refractivity contribution in [2.75, 3.05) is 0 Å². The quantitative estimate of drug-likeness (QED) is 0.723. The van der Waals surface area contributed by atoms with E-state index in [1.165, 1.54) is 44.9 Å². The molecule has 0 saturated heterocycles. The largest absolute Gasteiger partial charge is 0.388 e. The molecule has 0 aromatic rings. The highest BCUT2D eigenvalue weighted by Gasteiger charge is 2.71. The second kappa shape index (κ2) is 3.46. The molecule has 1 N–H and O–H groups in total. The number of hydrogen-bond donors (Lipinski definition) is 1. The third-order valence-electron chi connectivity index (χ3n) is 5.13. The van der Waals surface area contributed by atoms with Gasteiger partial charge >= 0.3 is 0 Å². The van der Waals surface area contributed by atoms with Gasteiger partial charge in [-0.1, -0.05) is 48.0 Å². The molecule has 2 atom stereocenters. The highest BCUT2D eigenvalue weighted by atomic mass is 79.9. The first kappa shape index (κ1) is 10.6. The Balaban J connectivity index is 1.80. The summed E-state index contributed by atoms with van der Waals surface area (Å²) in [5, 5.41) is 10.9. The zero-order valence-electron chi connectivity index (χ0n) is 9.34. The Bertz CT molecular complexity index is 245. The fraction of sp³-hybridized carbons (Fsp3) is 1.00. The Morgan fingerprint density at radius 2 is 1.40 bits per heavy atom. The molecule has 3 aliphatic carbocycles. The van der Waals surface area contributed by atoms with E-state index in [0.29, 0.717) is 0 Å². The lowest BCUT2D eigenvalue weighted by Crippen LogP contribution is -2.44. The van der Waals surface area contributed by atoms with Crippen molar-refractivity contribution in [3.8, 4) is 0 Å². The molecule has 2 heteroatoms. The van der Waals surface area contributed by atoms with Crippen molar-refractivity contribution in [2.45, 2.75) is 67.7 Å². The molecule has 3 aliphatic rings. The summed E-state index contributed by atoms with van der Waals surface area (Å²) in [7, 11) is 0. The van der Waals surface area contributed by atoms with Gasteiger partial charge in [-0.15, -0.1) is 0 Å². The van der Waals surface area contributed by atoms with E-state index < -0.39 is 0 Å². The molecule has 2 unspecified atom stereocenters. The van der Waals surface area contributed by atoms with E-state index in [4.69, 9.17) is 0 Å². The van der Waals surface area contributed by atoms with Gasteiger partial charge in [0.25, 0.3) is 0 Å². The zero-order valence-corrected chi connectivity index (χ0v) is 10.9. The molecule has 3 fully saturated rings. The Labute approximate surface area is 101 Å². The predicted molar refractivity (Wildman–Crippen MR) is 65.1 cm³/mol. The molecule has 86 valence electrons. The third kappa shape index (κ3) is 1.37. The van der Waals surface area contributed by atoms with Crippen molar-refractivity contribution in [3.05, 3.63) is 0 Å². The van der Waals surface area contributed by atoms with Gasteiger partial charge in [0.1, 0.15) is 0 Å². The minimum atomic E-state index is -0.370. The first-order chi connectivity index (χ1) is 7.18. The summed E-state index contributed by atoms with van der Waals surface area (Å²) >= 11 is 3.95. The van der Waals surface area contributed by atoms with Crippen LogP contribution >= 0.6 is 15.9 Å². The van der Waals surface area contributed by atoms with E-state index in [-0.39, 0.29) is 9.93 Å². The van der Waals surface area contributed by atoms with Gasteiger partial charge in [0, 0.05) is 0 Å². The van der Waals surface area contributed by atoms with Gasteiger partial charge in [-0.2, -0.15) is 0 Å². The molecule has 0 aromatic carbocycles. The predicted octanol–water partition coefficient (Wildman–Crippen LogP) is 3.64. The zero-order chi connectivity index (χ0) is 10.5. The van der Waals surface area contributed by atoms with E-state index in [0.717, 1.165) is 24.7 Å². The lowest BCUT2D eigenvalue weighted by atomic mass is 9.79. The second-order valence-electron chi connectivity index (χ2n) is 5.86. The summed E-state index contributed by atoms with van der Waals surface area (Å²) in [5.74, 6) is 1.57. The van der Waals surface area contributed by atoms with Gasteiger partial charge < -0.3 is 5.11 Å². The molecule has 1 nitrogen and oxygen atoms in total. The summed E-state index contributed by atoms with van der Waals surface area (Å²) in [5.41, 5.74) is -0.370. The maximum atomic E-state index is 10.9. The molecule has 0 spiro atoms. The fourth-order valence-electron chi connectivity index (χ4n) is 4.26. The first-order valence-electron chi connectivity index (χ1n) is 6.60. The highest BCUT2D eigenvalue weighted by Crippen LogP contribution is 2.70. The van der Waals surface area contributed by atoms with Gasteiger partial charge in [0.15, 0.2) is 0 Å². The van der Waals surface area contributed by atoms with Crippen molar-refractivity contribution < 1.29 is 5.11 Å². The minimum Gasteiger partial charge on any atom is -0.388 e. The van der Waals surface area contributed by atoms with Gasteiger partial charge in [0.05, 0.1) is 9.93 Å². The van der Waals surface area contributed by atoms with Crippen LogP contribution in [0.25, 0.3) is 0 Å². The van der Waals surface area contributed by atoms with Gasteiger partial charge in [-0.25, -0.2) is 0 Å². The summed E-state index contributed by atoms with van der Waals surface area (Å²) in [6.45, 7) is 0. The van der Waals surface area contributed by atoms with E-state index in [1.54, 1.807) is 0 Å². The van der Waals surface area contributed by atoms with Gasteiger partial charge in [-0.3, -0.25) is 0 Å². The van der Waals surface area contributed by atoms with Crippen LogP contribution in [0, 0.1) is 11.8 Å². The van der Waals surface area contributed by atoms with Crippen molar-refractivity contribution in [2.24, 2.45) is 11.8 Å². The van der Waals surface area contributed by atoms with E-state index >= 15 is 0 Å². The van der Waals surface area contributed by atoms with E-state index in [2.05, 4.69) is 15.9 Å². The molecule has 0 bridgehead atoms. The van der Waals surface area contributed by atoms with E-state index in [1.807, 2.05) is 0 Å². The summed E-state index contributed by atoms with van der Waals surface area (Å²) in [4.78, 5) is 0. The number of rotatable bonds is 1. The molecule has 0 aromatic heterocycles. The molecule has 0 heterocycles. The van der Waals surface area contributed by atoms with Crippen molar-refractivity contribution >= 4 is 15.9 Å². The summed E-state index contributed by atoms with van der Waals surface area (Å²) in [6, 6.07) is 0. The van der Waals surface area contributed by atoms with Gasteiger partial charge in [0.2, 0.25) is 0 Å². The van der Waals surface area contributed by atoms with Crippen molar-refractivity contribution in [1.82, 2.24) is 0 Å². The van der Waals surface area contributed by atoms with E-state index in [9.17, 15) is 5.11 Å². The first-order valence-corrected chi connectivity index (χ1v) is 7.39. The van der Waals surface area contributed by atoms with Crippen LogP contribution in [0.4, 0.5) is 0 Å². The monoisotopic (exact) mass is 272 g/mol. The number of hydrogen-bond acceptors (Lipinski definition) is 1. The van der Waals surface area contributed by atoms with Crippen LogP contribution in [0.2, 0.25) is 0 Å². The molecule has 0 aliphatic heterocycles. The normalized spacial score (nSPS) is 48.4. The summed E-state index contributed by atoms with van der Waals surface area (Å²) in [6.07, 6.45) is 11.3. The molecule has 0 amide bonds. The maximum absolute atomic E-state index is 10.9. The lowest BCUT2D eigenvalue weighted by Gasteiger charge is -2.38. The van der Waals surface area contributed by atoms with Crippen LogP contribution in [0.1, 0.15) is 57.8 Å². The smallest absolute Gasteiger partial charge is 0.0805 e. The maximum Gasteiger partial charge on any atom is 0.0805 e. The van der Waals surface area contributed by atoms with Gasteiger partial charge in [-0.05, 0) is 37.5 Å². The SMILES string of the molecule is OC1(C2(Br)C3CCCCC32)CCCCC1. The number of alkyl halides is 1. The minimum absolute atomic E-state index is 0.122. The lowest BCUT2D eigenvalue weighted by molar-refractivity contribution is -0.00992. The Morgan fingerprint density at radius 1 is 0.867 bits per heavy atom. The fourth-order valence-corrected chi connectivity index (χ4v) is 5.62. The summed E-state index contributed by atoms with van der Waals surface area (Å²) < 4.78 is 0.122. The van der Waals surface area contributed by atoms with Crippen LogP contribution < -0.4 is 0 Å². The molecule has 15 heavy (non-hydrogen) atoms. The van der Waals surface area contributed by atoms with Crippen LogP contribution in [-0.4, -0.2) is 15.0 Å². The molecule has 0 radical (unpaired) electrons. The topological polar surface area (TPSA) is 20.2 Å². The average molecular weight is 273 g/mol. The third-order valence-corrected chi connectivity index (χ3v) is 7.04. The van der Waals surface area contributed by atoms with Crippen LogP contribution in [-0.2, 0) is 0 Å². The number of aliphatic hydroxyl groups is 1. The number of fused-ring (bicyclic) bond motifs is 1. The molecule has 3 rings (SSSR count). The Morgan fingerprint density at radius 3 is 1.93 bits per heavy atom. The average Bonchev–Trinajstić information content (AvgIpc) is 2.89. The van der Waals surface area contributed by atoms with Crippen LogP contribution in [0.3, 0.4) is 0 Å². The van der Waals surface area contributed by atoms with Crippen molar-refractivity contribution in [3.63, 3.8) is 0 Å². The van der Waals surface area contributed by atoms with Crippen molar-refractivity contribution in [1.29, 1.82) is 0 Å². The Hall–Kier alpha value is 0.440. The highest BCUT2D eigenvalue weighted by molar-refractivity contribution is 9.10.